The normalized spacial score (nSPS) is 10.7. The molecule has 2 aromatic carbocycles. The molecule has 0 atom stereocenters. The van der Waals surface area contributed by atoms with Gasteiger partial charge in [-0.1, -0.05) is 18.2 Å². The molecule has 6 heteroatoms. The maximum absolute atomic E-state index is 11.7. The van der Waals surface area contributed by atoms with Crippen LogP contribution in [-0.2, 0) is 0 Å². The number of ether oxygens (including phenoxy) is 1. The topological polar surface area (TPSA) is 91.0 Å². The van der Waals surface area contributed by atoms with E-state index in [1.54, 1.807) is 36.7 Å². The van der Waals surface area contributed by atoms with Gasteiger partial charge in [-0.15, -0.1) is 0 Å². The van der Waals surface area contributed by atoms with E-state index in [1.165, 1.54) is 0 Å². The maximum Gasteiger partial charge on any atom is 0.252 e. The highest BCUT2D eigenvalue weighted by Gasteiger charge is 2.15. The zero-order chi connectivity index (χ0) is 18.8. The molecule has 0 aliphatic heterocycles. The monoisotopic (exact) mass is 358 g/mol. The molecule has 0 saturated carbocycles. The Kier molecular flexibility index (Phi) is 4.22. The third kappa shape index (κ3) is 3.32. The van der Waals surface area contributed by atoms with Crippen molar-refractivity contribution < 1.29 is 11.0 Å². The highest BCUT2D eigenvalue weighted by atomic mass is 16.5. The first-order chi connectivity index (χ1) is 13.1. The van der Waals surface area contributed by atoms with E-state index in [0.717, 1.165) is 22.0 Å². The fourth-order valence-electron chi connectivity index (χ4n) is 2.78. The molecule has 2 N–H and O–H groups in total. The van der Waals surface area contributed by atoms with Crippen LogP contribution in [0.3, 0.4) is 0 Å². The summed E-state index contributed by atoms with van der Waals surface area (Å²) in [6.45, 7) is 1.99. The average molecular weight is 358 g/mol. The maximum atomic E-state index is 11.7. The molecule has 4 aromatic rings. The van der Waals surface area contributed by atoms with Crippen molar-refractivity contribution in [3.05, 3.63) is 78.1 Å². The van der Waals surface area contributed by atoms with Crippen molar-refractivity contribution in [2.24, 2.45) is 5.73 Å². The Balaban J connectivity index is 0.00000225. The van der Waals surface area contributed by atoms with Gasteiger partial charge >= 0.3 is 0 Å². The van der Waals surface area contributed by atoms with Gasteiger partial charge in [-0.25, -0.2) is 4.98 Å². The van der Waals surface area contributed by atoms with Gasteiger partial charge in [-0.2, -0.15) is 4.98 Å². The van der Waals surface area contributed by atoms with Crippen molar-refractivity contribution in [1.82, 2.24) is 15.0 Å². The standard InChI is InChI=1S/C21H16N4O2.H2/c1-13-8-9-15-17(11-13)24-20(14-5-4-10-23-12-14)25-21(15)27-18-7-3-2-6-16(18)19(22)26;/h2-12H,1H3,(H2,22,26);1H. The summed E-state index contributed by atoms with van der Waals surface area (Å²) in [5.41, 5.74) is 8.34. The van der Waals surface area contributed by atoms with E-state index < -0.39 is 5.91 Å². The molecule has 2 heterocycles. The Hall–Kier alpha value is -3.80. The number of para-hydroxylation sites is 1. The molecule has 0 bridgehead atoms. The Morgan fingerprint density at radius 3 is 2.70 bits per heavy atom. The average Bonchev–Trinajstić information content (AvgIpc) is 2.68. The number of nitrogens with zero attached hydrogens (tertiary/aromatic N) is 3. The molecule has 6 nitrogen and oxygen atoms in total. The van der Waals surface area contributed by atoms with Crippen LogP contribution in [0.4, 0.5) is 0 Å². The van der Waals surface area contributed by atoms with Gasteiger partial charge in [-0.3, -0.25) is 9.78 Å². The molecule has 4 rings (SSSR count). The molecule has 0 aliphatic carbocycles. The number of aromatic nitrogens is 3. The number of aryl methyl sites for hydroxylation is 1. The minimum Gasteiger partial charge on any atom is -0.437 e. The number of carbonyl (C=O) groups is 1. The molecule has 2 aromatic heterocycles. The summed E-state index contributed by atoms with van der Waals surface area (Å²) >= 11 is 0. The number of hydrogen-bond donors (Lipinski definition) is 1. The van der Waals surface area contributed by atoms with Crippen LogP contribution >= 0.6 is 0 Å². The number of hydrogen-bond acceptors (Lipinski definition) is 5. The van der Waals surface area contributed by atoms with E-state index in [1.807, 2.05) is 37.3 Å². The molecular weight excluding hydrogens is 340 g/mol. The summed E-state index contributed by atoms with van der Waals surface area (Å²) < 4.78 is 6.01. The Morgan fingerprint density at radius 1 is 1.07 bits per heavy atom. The first-order valence-electron chi connectivity index (χ1n) is 8.37. The largest absolute Gasteiger partial charge is 0.437 e. The van der Waals surface area contributed by atoms with E-state index in [9.17, 15) is 4.79 Å². The smallest absolute Gasteiger partial charge is 0.252 e. The highest BCUT2D eigenvalue weighted by Crippen LogP contribution is 2.31. The minimum atomic E-state index is -0.563. The van der Waals surface area contributed by atoms with E-state index in [0.29, 0.717) is 23.0 Å². The third-order valence-electron chi connectivity index (χ3n) is 4.10. The summed E-state index contributed by atoms with van der Waals surface area (Å²) in [7, 11) is 0. The lowest BCUT2D eigenvalue weighted by Crippen LogP contribution is -2.12. The summed E-state index contributed by atoms with van der Waals surface area (Å²) in [4.78, 5) is 25.1. The number of primary amides is 1. The number of carbonyl (C=O) groups excluding carboxylic acids is 1. The summed E-state index contributed by atoms with van der Waals surface area (Å²) in [5.74, 6) is 0.635. The van der Waals surface area contributed by atoms with Crippen LogP contribution in [0.2, 0.25) is 0 Å². The summed E-state index contributed by atoms with van der Waals surface area (Å²) in [6, 6.07) is 16.3. The number of fused-ring (bicyclic) bond motifs is 1. The Labute approximate surface area is 157 Å². The van der Waals surface area contributed by atoms with Gasteiger partial charge in [0.2, 0.25) is 5.88 Å². The van der Waals surface area contributed by atoms with Gasteiger partial charge in [0.25, 0.3) is 5.91 Å². The zero-order valence-electron chi connectivity index (χ0n) is 14.6. The van der Waals surface area contributed by atoms with Gasteiger partial charge in [0.15, 0.2) is 5.82 Å². The van der Waals surface area contributed by atoms with Crippen LogP contribution in [0.25, 0.3) is 22.3 Å². The van der Waals surface area contributed by atoms with Crippen molar-refractivity contribution in [2.45, 2.75) is 6.92 Å². The van der Waals surface area contributed by atoms with Crippen molar-refractivity contribution in [3.8, 4) is 23.0 Å². The van der Waals surface area contributed by atoms with Crippen LogP contribution in [0.15, 0.2) is 67.0 Å². The fourth-order valence-corrected chi connectivity index (χ4v) is 2.78. The molecule has 27 heavy (non-hydrogen) atoms. The summed E-state index contributed by atoms with van der Waals surface area (Å²) in [5, 5.41) is 0.743. The first-order valence-corrected chi connectivity index (χ1v) is 8.37. The molecule has 1 amide bonds. The van der Waals surface area contributed by atoms with E-state index >= 15 is 0 Å². The van der Waals surface area contributed by atoms with E-state index in [-0.39, 0.29) is 1.43 Å². The number of rotatable bonds is 4. The quantitative estimate of drug-likeness (QED) is 0.592. The van der Waals surface area contributed by atoms with Gasteiger partial charge in [0.05, 0.1) is 16.5 Å². The zero-order valence-corrected chi connectivity index (χ0v) is 14.6. The molecule has 134 valence electrons. The lowest BCUT2D eigenvalue weighted by molar-refractivity contribution is 0.0998. The first kappa shape index (κ1) is 16.7. The SMILES string of the molecule is Cc1ccc2c(Oc3ccccc3C(N)=O)nc(-c3cccnc3)nc2c1.[HH]. The third-order valence-corrected chi connectivity index (χ3v) is 4.10. The molecule has 0 saturated heterocycles. The van der Waals surface area contributed by atoms with Crippen LogP contribution in [0.1, 0.15) is 17.3 Å². The number of nitrogens with two attached hydrogens (primary N) is 1. The molecule has 0 unspecified atom stereocenters. The van der Waals surface area contributed by atoms with Crippen molar-refractivity contribution in [1.29, 1.82) is 0 Å². The van der Waals surface area contributed by atoms with E-state index in [2.05, 4.69) is 15.0 Å². The molecule has 0 spiro atoms. The van der Waals surface area contributed by atoms with E-state index in [4.69, 9.17) is 10.5 Å². The Morgan fingerprint density at radius 2 is 1.93 bits per heavy atom. The summed E-state index contributed by atoms with van der Waals surface area (Å²) in [6.07, 6.45) is 3.38. The lowest BCUT2D eigenvalue weighted by atomic mass is 10.1. The van der Waals surface area contributed by atoms with Crippen LogP contribution in [0.5, 0.6) is 11.6 Å². The van der Waals surface area contributed by atoms with Gasteiger partial charge in [-0.05, 0) is 48.9 Å². The second-order valence-electron chi connectivity index (χ2n) is 6.08. The van der Waals surface area contributed by atoms with Gasteiger partial charge < -0.3 is 10.5 Å². The lowest BCUT2D eigenvalue weighted by Gasteiger charge is -2.12. The van der Waals surface area contributed by atoms with Crippen molar-refractivity contribution in [3.63, 3.8) is 0 Å². The number of pyridine rings is 1. The molecule has 0 fully saturated rings. The highest BCUT2D eigenvalue weighted by molar-refractivity contribution is 5.96. The van der Waals surface area contributed by atoms with Crippen LogP contribution < -0.4 is 10.5 Å². The van der Waals surface area contributed by atoms with Gasteiger partial charge in [0, 0.05) is 19.4 Å². The fraction of sp³-hybridized carbons (Fsp3) is 0.0476. The molecular formula is C21H18N4O2. The van der Waals surface area contributed by atoms with Crippen molar-refractivity contribution in [2.75, 3.05) is 0 Å². The minimum absolute atomic E-state index is 0. The second-order valence-corrected chi connectivity index (χ2v) is 6.08. The molecule has 0 radical (unpaired) electrons. The van der Waals surface area contributed by atoms with Crippen molar-refractivity contribution >= 4 is 16.8 Å². The number of amides is 1. The molecule has 0 aliphatic rings. The van der Waals surface area contributed by atoms with Crippen LogP contribution in [-0.4, -0.2) is 20.9 Å². The van der Waals surface area contributed by atoms with Crippen LogP contribution in [0, 0.1) is 6.92 Å². The predicted molar refractivity (Wildman–Crippen MR) is 105 cm³/mol. The van der Waals surface area contributed by atoms with Gasteiger partial charge in [0.1, 0.15) is 5.75 Å². The second kappa shape index (κ2) is 6.84. The Bertz CT molecular complexity index is 1150. The number of benzene rings is 2. The predicted octanol–water partition coefficient (Wildman–Crippen LogP) is 4.14.